The van der Waals surface area contributed by atoms with Crippen molar-refractivity contribution in [2.75, 3.05) is 0 Å². The third kappa shape index (κ3) is 6.96. The molecule has 0 N–H and O–H groups in total. The first kappa shape index (κ1) is 10.9. The Morgan fingerprint density at radius 3 is 1.43 bits per heavy atom. The van der Waals surface area contributed by atoms with Gasteiger partial charge in [-0.1, -0.05) is 4.84 Å². The minimum atomic E-state index is -2.70. The van der Waals surface area contributed by atoms with Crippen LogP contribution >= 0.6 is 23.2 Å². The van der Waals surface area contributed by atoms with E-state index >= 15 is 0 Å². The number of halogens is 4. The summed E-state index contributed by atoms with van der Waals surface area (Å²) in [6.07, 6.45) is -2.70. The van der Waals surface area contributed by atoms with Crippen LogP contribution < -0.4 is 0 Å². The molecule has 0 amide bonds. The minimum Gasteiger partial charge on any atom is -0.324 e. The normalized spacial score (nSPS) is 9.43. The minimum absolute atomic E-state index is 0. The predicted octanol–water partition coefficient (Wildman–Crippen LogP) is 2.22. The molecule has 0 saturated carbocycles. The number of hydrogen-bond donors (Lipinski definition) is 0. The fraction of sp³-hybridized carbons (Fsp3) is 0.500. The summed E-state index contributed by atoms with van der Waals surface area (Å²) in [5.41, 5.74) is 0. The summed E-state index contributed by atoms with van der Waals surface area (Å²) in [5, 5.41) is 0. The van der Waals surface area contributed by atoms with Crippen molar-refractivity contribution in [3.8, 4) is 0 Å². The molecule has 0 spiro atoms. The summed E-state index contributed by atoms with van der Waals surface area (Å²) >= 11 is 9.09. The molecule has 0 bridgehead atoms. The quantitative estimate of drug-likeness (QED) is 0.438. The first-order valence-electron chi connectivity index (χ1n) is 1.10. The molecule has 0 unspecified atom stereocenters. The van der Waals surface area contributed by atoms with E-state index in [4.69, 9.17) is 0 Å². The molecule has 0 nitrogen and oxygen atoms in total. The molecule has 7 heavy (non-hydrogen) atoms. The van der Waals surface area contributed by atoms with Crippen LogP contribution in [0.15, 0.2) is 0 Å². The van der Waals surface area contributed by atoms with Gasteiger partial charge < -0.3 is 23.2 Å². The Bertz CT molecular complexity index is 34.7. The second-order valence-corrected chi connectivity index (χ2v) is 1.60. The SMILES string of the molecule is FC(F)[C-](Cl)Cl.[Mn]. The van der Waals surface area contributed by atoms with Crippen molar-refractivity contribution in [2.24, 2.45) is 0 Å². The number of hydrogen-bond acceptors (Lipinski definition) is 0. The third-order valence-electron chi connectivity index (χ3n) is 0.165. The van der Waals surface area contributed by atoms with Gasteiger partial charge in [-0.3, -0.25) is 0 Å². The van der Waals surface area contributed by atoms with E-state index in [0.717, 1.165) is 0 Å². The van der Waals surface area contributed by atoms with E-state index in [0.29, 0.717) is 0 Å². The van der Waals surface area contributed by atoms with Gasteiger partial charge in [0.15, 0.2) is 0 Å². The average molecular weight is 189 g/mol. The van der Waals surface area contributed by atoms with Crippen LogP contribution in [0, 0.1) is 4.84 Å². The van der Waals surface area contributed by atoms with Crippen LogP contribution in [0.2, 0.25) is 0 Å². The second kappa shape index (κ2) is 5.10. The Balaban J connectivity index is 0. The molecule has 0 rings (SSSR count). The van der Waals surface area contributed by atoms with Crippen LogP contribution in [0.1, 0.15) is 0 Å². The van der Waals surface area contributed by atoms with E-state index in [-0.39, 0.29) is 17.1 Å². The molecule has 1 radical (unpaired) electrons. The maximum atomic E-state index is 10.9. The third-order valence-corrected chi connectivity index (χ3v) is 0.495. The van der Waals surface area contributed by atoms with Crippen molar-refractivity contribution >= 4 is 23.2 Å². The Kier molecular flexibility index (Phi) is 7.91. The maximum Gasteiger partial charge on any atom is 0.150 e. The van der Waals surface area contributed by atoms with Gasteiger partial charge in [0.05, 0.1) is 0 Å². The van der Waals surface area contributed by atoms with E-state index in [1.165, 1.54) is 0 Å². The van der Waals surface area contributed by atoms with Crippen molar-refractivity contribution in [2.45, 2.75) is 6.43 Å². The summed E-state index contributed by atoms with van der Waals surface area (Å²) in [6.45, 7) is 0. The van der Waals surface area contributed by atoms with Crippen LogP contribution in [-0.4, -0.2) is 6.43 Å². The number of rotatable bonds is 1. The van der Waals surface area contributed by atoms with E-state index in [1.807, 2.05) is 0 Å². The van der Waals surface area contributed by atoms with Gasteiger partial charge in [0.25, 0.3) is 0 Å². The molecule has 0 aromatic heterocycles. The first-order valence-corrected chi connectivity index (χ1v) is 1.86. The van der Waals surface area contributed by atoms with Gasteiger partial charge in [0, 0.05) is 17.1 Å². The van der Waals surface area contributed by atoms with Crippen LogP contribution in [0.4, 0.5) is 8.78 Å². The molecule has 0 aliphatic carbocycles. The Morgan fingerprint density at radius 2 is 1.43 bits per heavy atom. The van der Waals surface area contributed by atoms with Gasteiger partial charge in [-0.25, -0.2) is 8.78 Å². The summed E-state index contributed by atoms with van der Waals surface area (Å²) in [4.78, 5) is -0.880. The summed E-state index contributed by atoms with van der Waals surface area (Å²) in [6, 6.07) is 0. The molecule has 0 atom stereocenters. The molecule has 0 aliphatic rings. The zero-order valence-electron chi connectivity index (χ0n) is 2.97. The van der Waals surface area contributed by atoms with E-state index < -0.39 is 11.3 Å². The average Bonchev–Trinajstić information content (AvgIpc) is 1.36. The first-order chi connectivity index (χ1) is 2.64. The Hall–Kier alpha value is 0.959. The van der Waals surface area contributed by atoms with Gasteiger partial charge in [-0.05, 0) is 0 Å². The van der Waals surface area contributed by atoms with E-state index in [9.17, 15) is 8.78 Å². The maximum absolute atomic E-state index is 10.9. The van der Waals surface area contributed by atoms with Gasteiger partial charge in [0.2, 0.25) is 0 Å². The molecule has 0 saturated heterocycles. The monoisotopic (exact) mass is 188 g/mol. The smallest absolute Gasteiger partial charge is 0.150 e. The van der Waals surface area contributed by atoms with Crippen LogP contribution in [0.3, 0.4) is 0 Å². The fourth-order valence-electron chi connectivity index (χ4n) is 0. The Labute approximate surface area is 60.6 Å². The molecule has 0 heterocycles. The summed E-state index contributed by atoms with van der Waals surface area (Å²) in [7, 11) is 0. The molecular formula is C2HCl2F2Mn-. The molecule has 0 aromatic carbocycles. The van der Waals surface area contributed by atoms with Crippen molar-refractivity contribution < 1.29 is 25.8 Å². The van der Waals surface area contributed by atoms with Gasteiger partial charge >= 0.3 is 0 Å². The predicted molar refractivity (Wildman–Crippen MR) is 21.0 cm³/mol. The van der Waals surface area contributed by atoms with Gasteiger partial charge in [-0.2, -0.15) is 0 Å². The largest absolute Gasteiger partial charge is 0.324 e. The number of alkyl halides is 2. The molecule has 45 valence electrons. The van der Waals surface area contributed by atoms with Crippen molar-refractivity contribution in [1.82, 2.24) is 0 Å². The van der Waals surface area contributed by atoms with Gasteiger partial charge in [-0.15, -0.1) is 0 Å². The van der Waals surface area contributed by atoms with Crippen LogP contribution in [0.25, 0.3) is 0 Å². The van der Waals surface area contributed by atoms with Crippen LogP contribution in [-0.2, 0) is 17.1 Å². The Morgan fingerprint density at radius 1 is 1.29 bits per heavy atom. The van der Waals surface area contributed by atoms with Crippen molar-refractivity contribution in [3.05, 3.63) is 4.84 Å². The molecule has 0 fully saturated rings. The molecule has 0 aliphatic heterocycles. The zero-order valence-corrected chi connectivity index (χ0v) is 5.66. The second-order valence-electron chi connectivity index (χ2n) is 0.590. The standard InChI is InChI=1S/C2HCl2F2.Mn/c3-1(4)2(5)6;/h2H;/q-1;. The van der Waals surface area contributed by atoms with Crippen LogP contribution in [0.5, 0.6) is 0 Å². The summed E-state index contributed by atoms with van der Waals surface area (Å²) in [5.74, 6) is 0. The van der Waals surface area contributed by atoms with E-state index in [1.54, 1.807) is 0 Å². The fourth-order valence-corrected chi connectivity index (χ4v) is 0. The van der Waals surface area contributed by atoms with E-state index in [2.05, 4.69) is 23.2 Å². The topological polar surface area (TPSA) is 0 Å². The molecule has 0 aromatic rings. The molecule has 5 heteroatoms. The molecular weight excluding hydrogens is 188 g/mol. The summed E-state index contributed by atoms with van der Waals surface area (Å²) < 4.78 is 21.7. The van der Waals surface area contributed by atoms with Gasteiger partial charge in [0.1, 0.15) is 6.43 Å². The van der Waals surface area contributed by atoms with Crippen molar-refractivity contribution in [3.63, 3.8) is 0 Å². The van der Waals surface area contributed by atoms with Crippen molar-refractivity contribution in [1.29, 1.82) is 0 Å². The zero-order chi connectivity index (χ0) is 5.15.